The van der Waals surface area contributed by atoms with Crippen molar-refractivity contribution in [2.75, 3.05) is 6.54 Å². The lowest BCUT2D eigenvalue weighted by atomic mass is 9.91. The van der Waals surface area contributed by atoms with Gasteiger partial charge < -0.3 is 0 Å². The first-order valence-electron chi connectivity index (χ1n) is 6.40. The molecule has 1 aliphatic rings. The van der Waals surface area contributed by atoms with E-state index in [1.54, 1.807) is 0 Å². The van der Waals surface area contributed by atoms with Crippen molar-refractivity contribution in [3.05, 3.63) is 0 Å². The topological polar surface area (TPSA) is 3.24 Å². The molecule has 1 fully saturated rings. The molecule has 0 aromatic rings. The van der Waals surface area contributed by atoms with Crippen molar-refractivity contribution >= 4 is 0 Å². The maximum absolute atomic E-state index is 2.76. The lowest BCUT2D eigenvalue weighted by Gasteiger charge is -2.43. The molecule has 1 heteroatoms. The van der Waals surface area contributed by atoms with Crippen LogP contribution in [0.25, 0.3) is 0 Å². The van der Waals surface area contributed by atoms with E-state index >= 15 is 0 Å². The third-order valence-corrected chi connectivity index (χ3v) is 4.27. The van der Waals surface area contributed by atoms with Gasteiger partial charge in [0.05, 0.1) is 0 Å². The van der Waals surface area contributed by atoms with Gasteiger partial charge in [-0.2, -0.15) is 0 Å². The Labute approximate surface area is 89.9 Å². The van der Waals surface area contributed by atoms with Gasteiger partial charge in [0, 0.05) is 11.6 Å². The molecule has 0 aromatic heterocycles. The molecule has 0 N–H and O–H groups in total. The van der Waals surface area contributed by atoms with Crippen LogP contribution >= 0.6 is 0 Å². The lowest BCUT2D eigenvalue weighted by molar-refractivity contribution is 0.0581. The summed E-state index contributed by atoms with van der Waals surface area (Å²) < 4.78 is 0. The van der Waals surface area contributed by atoms with E-state index in [9.17, 15) is 0 Å². The molecule has 14 heavy (non-hydrogen) atoms. The van der Waals surface area contributed by atoms with Crippen LogP contribution in [0.3, 0.4) is 0 Å². The SMILES string of the molecule is CCC(C)(CC)N1CCCCCC1C. The molecule has 1 nitrogen and oxygen atoms in total. The highest BCUT2D eigenvalue weighted by Gasteiger charge is 2.31. The summed E-state index contributed by atoms with van der Waals surface area (Å²) in [5, 5.41) is 0. The Hall–Kier alpha value is -0.0400. The van der Waals surface area contributed by atoms with E-state index in [1.165, 1.54) is 45.1 Å². The Balaban J connectivity index is 2.70. The van der Waals surface area contributed by atoms with Crippen molar-refractivity contribution in [2.24, 2.45) is 0 Å². The van der Waals surface area contributed by atoms with E-state index < -0.39 is 0 Å². The highest BCUT2D eigenvalue weighted by atomic mass is 15.2. The normalized spacial score (nSPS) is 26.1. The molecule has 0 aliphatic carbocycles. The molecule has 0 radical (unpaired) electrons. The third kappa shape index (κ3) is 2.50. The van der Waals surface area contributed by atoms with Gasteiger partial charge in [-0.05, 0) is 46.1 Å². The van der Waals surface area contributed by atoms with Crippen LogP contribution in [0.15, 0.2) is 0 Å². The van der Waals surface area contributed by atoms with Crippen molar-refractivity contribution in [1.82, 2.24) is 4.90 Å². The molecular weight excluding hydrogens is 170 g/mol. The van der Waals surface area contributed by atoms with Gasteiger partial charge in [0.1, 0.15) is 0 Å². The number of hydrogen-bond donors (Lipinski definition) is 0. The molecule has 1 unspecified atom stereocenters. The predicted molar refractivity (Wildman–Crippen MR) is 63.6 cm³/mol. The highest BCUT2D eigenvalue weighted by Crippen LogP contribution is 2.29. The van der Waals surface area contributed by atoms with E-state index in [2.05, 4.69) is 32.6 Å². The van der Waals surface area contributed by atoms with Gasteiger partial charge in [-0.25, -0.2) is 0 Å². The Morgan fingerprint density at radius 1 is 1.14 bits per heavy atom. The molecule has 0 aromatic carbocycles. The molecule has 0 saturated carbocycles. The van der Waals surface area contributed by atoms with Crippen molar-refractivity contribution in [3.63, 3.8) is 0 Å². The standard InChI is InChI=1S/C13H27N/c1-5-13(4,6-2)14-11-9-7-8-10-12(14)3/h12H,5-11H2,1-4H3. The average molecular weight is 197 g/mol. The van der Waals surface area contributed by atoms with Crippen LogP contribution in [0.2, 0.25) is 0 Å². The van der Waals surface area contributed by atoms with Crippen LogP contribution in [0.4, 0.5) is 0 Å². The largest absolute Gasteiger partial charge is 0.295 e. The van der Waals surface area contributed by atoms with Crippen molar-refractivity contribution in [2.45, 2.75) is 77.8 Å². The molecule has 84 valence electrons. The van der Waals surface area contributed by atoms with Crippen molar-refractivity contribution < 1.29 is 0 Å². The summed E-state index contributed by atoms with van der Waals surface area (Å²) >= 11 is 0. The fourth-order valence-corrected chi connectivity index (χ4v) is 2.73. The van der Waals surface area contributed by atoms with Crippen molar-refractivity contribution in [3.8, 4) is 0 Å². The molecular formula is C13H27N. The van der Waals surface area contributed by atoms with Gasteiger partial charge in [-0.15, -0.1) is 0 Å². The summed E-state index contributed by atoms with van der Waals surface area (Å²) in [6, 6.07) is 0.794. The Kier molecular flexibility index (Phi) is 4.43. The van der Waals surface area contributed by atoms with Crippen LogP contribution in [0, 0.1) is 0 Å². The van der Waals surface area contributed by atoms with E-state index in [-0.39, 0.29) is 0 Å². The molecule has 1 heterocycles. The van der Waals surface area contributed by atoms with Gasteiger partial charge in [0.25, 0.3) is 0 Å². The molecule has 1 rings (SSSR count). The fourth-order valence-electron chi connectivity index (χ4n) is 2.73. The first-order chi connectivity index (χ1) is 6.64. The summed E-state index contributed by atoms with van der Waals surface area (Å²) in [6.07, 6.45) is 8.24. The Morgan fingerprint density at radius 3 is 2.36 bits per heavy atom. The number of likely N-dealkylation sites (tertiary alicyclic amines) is 1. The van der Waals surface area contributed by atoms with Crippen LogP contribution in [-0.2, 0) is 0 Å². The third-order valence-electron chi connectivity index (χ3n) is 4.27. The molecule has 1 atom stereocenters. The smallest absolute Gasteiger partial charge is 0.0179 e. The van der Waals surface area contributed by atoms with Gasteiger partial charge >= 0.3 is 0 Å². The minimum atomic E-state index is 0.448. The Morgan fingerprint density at radius 2 is 1.79 bits per heavy atom. The zero-order valence-corrected chi connectivity index (χ0v) is 10.5. The van der Waals surface area contributed by atoms with Gasteiger partial charge in [-0.3, -0.25) is 4.90 Å². The maximum Gasteiger partial charge on any atom is 0.0179 e. The summed E-state index contributed by atoms with van der Waals surface area (Å²) in [7, 11) is 0. The predicted octanol–water partition coefficient (Wildman–Crippen LogP) is 3.83. The number of hydrogen-bond acceptors (Lipinski definition) is 1. The molecule has 0 amide bonds. The second-order valence-electron chi connectivity index (χ2n) is 5.10. The van der Waals surface area contributed by atoms with Crippen LogP contribution in [0.5, 0.6) is 0 Å². The van der Waals surface area contributed by atoms with Crippen LogP contribution < -0.4 is 0 Å². The summed E-state index contributed by atoms with van der Waals surface area (Å²) in [5.74, 6) is 0. The van der Waals surface area contributed by atoms with Crippen LogP contribution in [-0.4, -0.2) is 23.0 Å². The second kappa shape index (κ2) is 5.16. The number of nitrogens with zero attached hydrogens (tertiary/aromatic N) is 1. The molecule has 1 aliphatic heterocycles. The average Bonchev–Trinajstić information content (AvgIpc) is 2.42. The molecule has 0 bridgehead atoms. The first-order valence-corrected chi connectivity index (χ1v) is 6.40. The fraction of sp³-hybridized carbons (Fsp3) is 1.00. The highest BCUT2D eigenvalue weighted by molar-refractivity contribution is 4.88. The van der Waals surface area contributed by atoms with Gasteiger partial charge in [0.15, 0.2) is 0 Å². The molecule has 1 saturated heterocycles. The van der Waals surface area contributed by atoms with E-state index in [0.29, 0.717) is 5.54 Å². The molecule has 0 spiro atoms. The summed E-state index contributed by atoms with van der Waals surface area (Å²) in [4.78, 5) is 2.76. The number of rotatable bonds is 3. The monoisotopic (exact) mass is 197 g/mol. The van der Waals surface area contributed by atoms with Gasteiger partial charge in [-0.1, -0.05) is 26.7 Å². The quantitative estimate of drug-likeness (QED) is 0.664. The Bertz CT molecular complexity index is 161. The second-order valence-corrected chi connectivity index (χ2v) is 5.10. The summed E-state index contributed by atoms with van der Waals surface area (Å²) in [6.45, 7) is 10.8. The van der Waals surface area contributed by atoms with Gasteiger partial charge in [0.2, 0.25) is 0 Å². The zero-order valence-electron chi connectivity index (χ0n) is 10.5. The minimum absolute atomic E-state index is 0.448. The lowest BCUT2D eigenvalue weighted by Crippen LogP contribution is -2.50. The minimum Gasteiger partial charge on any atom is -0.295 e. The van der Waals surface area contributed by atoms with E-state index in [1.807, 2.05) is 0 Å². The first kappa shape index (κ1) is 12.0. The van der Waals surface area contributed by atoms with E-state index in [0.717, 1.165) is 6.04 Å². The zero-order chi connectivity index (χ0) is 10.6. The van der Waals surface area contributed by atoms with Crippen LogP contribution in [0.1, 0.15) is 66.2 Å². The summed E-state index contributed by atoms with van der Waals surface area (Å²) in [5.41, 5.74) is 0.448. The van der Waals surface area contributed by atoms with E-state index in [4.69, 9.17) is 0 Å². The maximum atomic E-state index is 2.76. The van der Waals surface area contributed by atoms with Crippen molar-refractivity contribution in [1.29, 1.82) is 0 Å².